The summed E-state index contributed by atoms with van der Waals surface area (Å²) in [7, 11) is 0. The van der Waals surface area contributed by atoms with E-state index in [2.05, 4.69) is 17.2 Å². The molecule has 0 saturated heterocycles. The summed E-state index contributed by atoms with van der Waals surface area (Å²) < 4.78 is 39.5. The van der Waals surface area contributed by atoms with Crippen LogP contribution in [0.5, 0.6) is 0 Å². The van der Waals surface area contributed by atoms with Gasteiger partial charge in [0.2, 0.25) is 0 Å². The second-order valence-corrected chi connectivity index (χ2v) is 9.97. The lowest BCUT2D eigenvalue weighted by molar-refractivity contribution is -0.363. The molecule has 1 N–H and O–H groups in total. The molecule has 0 amide bonds. The standard InChI is InChI=1S/C29H26BF2N3O2/c1-17-11-19(3)34-27(17)25(28-18(2)12-20(4)35(28)30(34,31)32)9-8-22-13-23-14-24-16-33-10-6-5-7-21(24)15-26(23)37-29(22)36/h8-9,11-15,33H,6,10,16H2,1-4H3. The van der Waals surface area contributed by atoms with Crippen LogP contribution in [0.15, 0.2) is 56.9 Å². The predicted molar refractivity (Wildman–Crippen MR) is 144 cm³/mol. The molecule has 0 saturated carbocycles. The van der Waals surface area contributed by atoms with E-state index in [0.29, 0.717) is 46.1 Å². The summed E-state index contributed by atoms with van der Waals surface area (Å²) in [5, 5.41) is 4.15. The first-order valence-electron chi connectivity index (χ1n) is 12.4. The van der Waals surface area contributed by atoms with Crippen molar-refractivity contribution in [1.82, 2.24) is 9.79 Å². The third-order valence-corrected chi connectivity index (χ3v) is 7.35. The van der Waals surface area contributed by atoms with E-state index in [0.717, 1.165) is 49.6 Å². The van der Waals surface area contributed by atoms with E-state index < -0.39 is 12.6 Å². The van der Waals surface area contributed by atoms with Gasteiger partial charge in [0, 0.05) is 54.7 Å². The molecule has 0 spiro atoms. The number of aryl methyl sites for hydroxylation is 2. The molecule has 37 heavy (non-hydrogen) atoms. The molecule has 0 atom stereocenters. The fourth-order valence-corrected chi connectivity index (χ4v) is 5.82. The van der Waals surface area contributed by atoms with Crippen LogP contribution in [0.1, 0.15) is 53.9 Å². The Hall–Kier alpha value is -3.96. The summed E-state index contributed by atoms with van der Waals surface area (Å²) in [5.74, 6) is 6.29. The van der Waals surface area contributed by atoms with Crippen molar-refractivity contribution < 1.29 is 17.5 Å². The second-order valence-electron chi connectivity index (χ2n) is 9.97. The molecular weight excluding hydrogens is 471 g/mol. The van der Waals surface area contributed by atoms with Gasteiger partial charge in [-0.3, -0.25) is 0 Å². The molecule has 3 aliphatic heterocycles. The summed E-state index contributed by atoms with van der Waals surface area (Å²) in [5.41, 5.74) is 6.37. The Morgan fingerprint density at radius 3 is 2.76 bits per heavy atom. The molecule has 0 unspecified atom stereocenters. The number of halogens is 2. The topological polar surface area (TPSA) is 50.2 Å². The highest BCUT2D eigenvalue weighted by molar-refractivity contribution is 6.58. The van der Waals surface area contributed by atoms with Crippen molar-refractivity contribution in [2.24, 2.45) is 0 Å². The van der Waals surface area contributed by atoms with Crippen LogP contribution in [0.25, 0.3) is 22.6 Å². The quantitative estimate of drug-likeness (QED) is 0.303. The first-order chi connectivity index (χ1) is 17.7. The van der Waals surface area contributed by atoms with Crippen molar-refractivity contribution in [1.29, 1.82) is 0 Å². The zero-order chi connectivity index (χ0) is 26.1. The lowest BCUT2D eigenvalue weighted by Gasteiger charge is -2.33. The first-order valence-corrected chi connectivity index (χ1v) is 12.4. The van der Waals surface area contributed by atoms with Gasteiger partial charge in [0.05, 0.1) is 11.1 Å². The average molecular weight is 497 g/mol. The van der Waals surface area contributed by atoms with E-state index in [9.17, 15) is 4.79 Å². The summed E-state index contributed by atoms with van der Waals surface area (Å²) in [6.07, 6.45) is 5.98. The SMILES string of the molecule is CC1=CC(C)=[N+]2C1=C(C=Cc1cc3cc4c(cc3oc1=O)C#CCCNC4)c1c(C)cc(C)n1[B-]2(F)F. The molecule has 5 nitrogen and oxygen atoms in total. The zero-order valence-electron chi connectivity index (χ0n) is 21.2. The maximum Gasteiger partial charge on any atom is 0.737 e. The van der Waals surface area contributed by atoms with Crippen LogP contribution < -0.4 is 10.9 Å². The minimum atomic E-state index is -4.04. The number of allylic oxidation sites excluding steroid dienone is 4. The van der Waals surface area contributed by atoms with Crippen LogP contribution in [0, 0.1) is 25.7 Å². The van der Waals surface area contributed by atoms with Gasteiger partial charge < -0.3 is 27.3 Å². The maximum absolute atomic E-state index is 15.8. The van der Waals surface area contributed by atoms with Crippen molar-refractivity contribution in [2.75, 3.05) is 6.54 Å². The van der Waals surface area contributed by atoms with Gasteiger partial charge in [0.1, 0.15) is 11.3 Å². The van der Waals surface area contributed by atoms with E-state index >= 15 is 8.63 Å². The molecule has 1 aromatic carbocycles. The smallest absolute Gasteiger partial charge is 0.422 e. The summed E-state index contributed by atoms with van der Waals surface area (Å²) in [6.45, 7) is 4.55. The predicted octanol–water partition coefficient (Wildman–Crippen LogP) is 5.15. The van der Waals surface area contributed by atoms with Crippen molar-refractivity contribution >= 4 is 35.3 Å². The molecule has 6 rings (SSSR count). The summed E-state index contributed by atoms with van der Waals surface area (Å²) >= 11 is 0. The Labute approximate surface area is 213 Å². The lowest BCUT2D eigenvalue weighted by atomic mass is 9.86. The largest absolute Gasteiger partial charge is 0.737 e. The number of benzene rings is 1. The Morgan fingerprint density at radius 1 is 1.14 bits per heavy atom. The minimum Gasteiger partial charge on any atom is -0.422 e. The van der Waals surface area contributed by atoms with Crippen molar-refractivity contribution in [3.8, 4) is 11.8 Å². The normalized spacial score (nSPS) is 18.3. The van der Waals surface area contributed by atoms with Crippen molar-refractivity contribution in [3.63, 3.8) is 0 Å². The molecule has 0 radical (unpaired) electrons. The third kappa shape index (κ3) is 3.57. The van der Waals surface area contributed by atoms with E-state index in [1.807, 2.05) is 26.0 Å². The highest BCUT2D eigenvalue weighted by Gasteiger charge is 2.54. The molecule has 3 aliphatic rings. The fourth-order valence-electron chi connectivity index (χ4n) is 5.82. The average Bonchev–Trinajstić information content (AvgIpc) is 3.29. The molecular formula is C29H26BF2N3O2. The maximum atomic E-state index is 15.8. The number of hydrogen-bond donors (Lipinski definition) is 1. The lowest BCUT2D eigenvalue weighted by Crippen LogP contribution is -2.51. The van der Waals surface area contributed by atoms with Crippen LogP contribution in [0.2, 0.25) is 0 Å². The highest BCUT2D eigenvalue weighted by Crippen LogP contribution is 2.42. The van der Waals surface area contributed by atoms with Gasteiger partial charge in [-0.1, -0.05) is 11.8 Å². The van der Waals surface area contributed by atoms with E-state index in [-0.39, 0.29) is 0 Å². The Kier molecular flexibility index (Phi) is 5.25. The van der Waals surface area contributed by atoms with Crippen LogP contribution in [0.4, 0.5) is 8.63 Å². The van der Waals surface area contributed by atoms with Crippen LogP contribution >= 0.6 is 0 Å². The molecule has 0 aliphatic carbocycles. The Morgan fingerprint density at radius 2 is 1.95 bits per heavy atom. The number of nitrogens with one attached hydrogen (secondary N) is 1. The van der Waals surface area contributed by atoms with Gasteiger partial charge in [-0.05, 0) is 74.0 Å². The molecule has 5 heterocycles. The van der Waals surface area contributed by atoms with Crippen LogP contribution in [-0.4, -0.2) is 28.2 Å². The molecule has 2 aromatic heterocycles. The monoisotopic (exact) mass is 497 g/mol. The van der Waals surface area contributed by atoms with Gasteiger partial charge in [0.15, 0.2) is 5.70 Å². The van der Waals surface area contributed by atoms with Gasteiger partial charge in [-0.2, -0.15) is 0 Å². The van der Waals surface area contributed by atoms with Crippen LogP contribution in [0.3, 0.4) is 0 Å². The Bertz CT molecular complexity index is 1770. The molecule has 0 bridgehead atoms. The van der Waals surface area contributed by atoms with Crippen molar-refractivity contribution in [2.45, 2.75) is 40.7 Å². The van der Waals surface area contributed by atoms with E-state index in [1.165, 1.54) is 0 Å². The molecule has 186 valence electrons. The zero-order valence-corrected chi connectivity index (χ0v) is 21.2. The minimum absolute atomic E-state index is 0.354. The fraction of sp³-hybridized carbons (Fsp3) is 0.241. The molecule has 3 aromatic rings. The summed E-state index contributed by atoms with van der Waals surface area (Å²) in [6, 6.07) is 7.38. The molecule has 8 heteroatoms. The van der Waals surface area contributed by atoms with Gasteiger partial charge >= 0.3 is 12.6 Å². The van der Waals surface area contributed by atoms with Crippen molar-refractivity contribution in [3.05, 3.63) is 91.7 Å². The number of aromatic nitrogens is 1. The van der Waals surface area contributed by atoms with Gasteiger partial charge in [-0.25, -0.2) is 4.79 Å². The number of rotatable bonds is 2. The van der Waals surface area contributed by atoms with Gasteiger partial charge in [-0.15, -0.1) is 0 Å². The number of fused-ring (bicyclic) bond motifs is 4. The Balaban J connectivity index is 1.52. The molecule has 0 fully saturated rings. The second kappa shape index (κ2) is 8.29. The number of hydrogen-bond acceptors (Lipinski definition) is 3. The van der Waals surface area contributed by atoms with E-state index in [4.69, 9.17) is 4.42 Å². The first kappa shape index (κ1) is 23.4. The van der Waals surface area contributed by atoms with Gasteiger partial charge in [0.25, 0.3) is 0 Å². The highest BCUT2D eigenvalue weighted by atomic mass is 19.2. The van der Waals surface area contributed by atoms with E-state index in [1.54, 1.807) is 44.2 Å². The summed E-state index contributed by atoms with van der Waals surface area (Å²) in [4.78, 5) is 12.9. The number of nitrogens with zero attached hydrogens (tertiary/aromatic N) is 2. The van der Waals surface area contributed by atoms with Crippen LogP contribution in [-0.2, 0) is 6.54 Å². The third-order valence-electron chi connectivity index (χ3n) is 7.35.